The van der Waals surface area contributed by atoms with Gasteiger partial charge in [-0.15, -0.1) is 0 Å². The molecule has 0 fully saturated rings. The van der Waals surface area contributed by atoms with Crippen LogP contribution in [0.4, 0.5) is 0 Å². The zero-order valence-electron chi connectivity index (χ0n) is 11.0. The monoisotopic (exact) mass is 329 g/mol. The van der Waals surface area contributed by atoms with Gasteiger partial charge in [0.15, 0.2) is 0 Å². The van der Waals surface area contributed by atoms with E-state index in [1.807, 2.05) is 0 Å². The zero-order valence-corrected chi connectivity index (χ0v) is 14.9. The molecule has 0 spiro atoms. The summed E-state index contributed by atoms with van der Waals surface area (Å²) in [4.78, 5) is 11.8. The summed E-state index contributed by atoms with van der Waals surface area (Å²) >= 11 is 0. The third-order valence-electron chi connectivity index (χ3n) is 2.80. The Morgan fingerprint density at radius 1 is 1.00 bits per heavy atom. The predicted molar refractivity (Wildman–Crippen MR) is 73.9 cm³/mol. The summed E-state index contributed by atoms with van der Waals surface area (Å²) in [6.07, 6.45) is 0. The summed E-state index contributed by atoms with van der Waals surface area (Å²) in [6, 6.07) is 11.2. The first-order valence-electron chi connectivity index (χ1n) is 5.59. The zero-order chi connectivity index (χ0) is 14.3. The van der Waals surface area contributed by atoms with Gasteiger partial charge in [0.25, 0.3) is 0 Å². The number of rotatable bonds is 2. The van der Waals surface area contributed by atoms with E-state index in [9.17, 15) is 13.2 Å². The minimum atomic E-state index is -4.37. The minimum absolute atomic E-state index is 0. The van der Waals surface area contributed by atoms with E-state index in [0.29, 0.717) is 16.2 Å². The van der Waals surface area contributed by atoms with Gasteiger partial charge in [0.2, 0.25) is 10.3 Å². The standard InChI is InChI=1S/C13H8NO5S.K/c14-20(16,17)19-8-5-6-10-9-3-1-2-4-11(9)13(15)18-12(10)7-8;/h1-7H,(H-,14,16,17);/q-1;+1. The van der Waals surface area contributed by atoms with Gasteiger partial charge in [-0.25, -0.2) is 13.2 Å². The Morgan fingerprint density at radius 3 is 2.33 bits per heavy atom. The molecule has 0 atom stereocenters. The summed E-state index contributed by atoms with van der Waals surface area (Å²) in [5.74, 6) is -0.0778. The first kappa shape index (κ1) is 16.6. The van der Waals surface area contributed by atoms with E-state index in [0.717, 1.165) is 0 Å². The largest absolute Gasteiger partial charge is 1.00 e. The van der Waals surface area contributed by atoms with Crippen molar-refractivity contribution in [2.45, 2.75) is 0 Å². The van der Waals surface area contributed by atoms with Crippen molar-refractivity contribution in [2.75, 3.05) is 0 Å². The maximum absolute atomic E-state index is 11.8. The van der Waals surface area contributed by atoms with Crippen LogP contribution in [0.5, 0.6) is 5.75 Å². The second kappa shape index (κ2) is 6.17. The molecule has 2 aromatic carbocycles. The molecule has 0 aliphatic carbocycles. The van der Waals surface area contributed by atoms with Crippen molar-refractivity contribution in [2.24, 2.45) is 0 Å². The first-order chi connectivity index (χ1) is 9.44. The fraction of sp³-hybridized carbons (Fsp3) is 0. The molecular weight excluding hydrogens is 321 g/mol. The Bertz CT molecular complexity index is 981. The van der Waals surface area contributed by atoms with Gasteiger partial charge in [-0.1, -0.05) is 18.2 Å². The molecule has 0 aliphatic heterocycles. The van der Waals surface area contributed by atoms with Gasteiger partial charge in [0.05, 0.1) is 5.39 Å². The van der Waals surface area contributed by atoms with Crippen LogP contribution in [0.1, 0.15) is 0 Å². The number of nitrogens with one attached hydrogen (secondary N) is 1. The van der Waals surface area contributed by atoms with Crippen molar-refractivity contribution in [3.63, 3.8) is 0 Å². The van der Waals surface area contributed by atoms with Crippen molar-refractivity contribution < 1.29 is 68.4 Å². The Hall–Kier alpha value is -0.744. The van der Waals surface area contributed by atoms with Gasteiger partial charge < -0.3 is 13.7 Å². The second-order valence-electron chi connectivity index (χ2n) is 4.13. The molecule has 3 rings (SSSR count). The molecule has 0 aliphatic rings. The second-order valence-corrected chi connectivity index (χ2v) is 5.21. The van der Waals surface area contributed by atoms with Crippen LogP contribution in [0.15, 0.2) is 51.7 Å². The van der Waals surface area contributed by atoms with Gasteiger partial charge in [0, 0.05) is 11.5 Å². The fourth-order valence-electron chi connectivity index (χ4n) is 2.04. The molecule has 1 N–H and O–H groups in total. The number of benzene rings is 2. The molecule has 8 heteroatoms. The third kappa shape index (κ3) is 3.54. The molecule has 1 aromatic heterocycles. The minimum Gasteiger partial charge on any atom is -0.529 e. The molecule has 0 amide bonds. The van der Waals surface area contributed by atoms with Crippen LogP contribution in [-0.2, 0) is 10.3 Å². The molecule has 0 saturated heterocycles. The van der Waals surface area contributed by atoms with E-state index in [1.54, 1.807) is 30.3 Å². The van der Waals surface area contributed by atoms with E-state index < -0.39 is 15.9 Å². The van der Waals surface area contributed by atoms with Gasteiger partial charge >= 0.3 is 57.0 Å². The molecule has 0 unspecified atom stereocenters. The summed E-state index contributed by atoms with van der Waals surface area (Å²) in [7, 11) is -4.37. The van der Waals surface area contributed by atoms with Crippen molar-refractivity contribution in [3.05, 3.63) is 58.0 Å². The SMILES string of the molecule is [K+].[NH-]S(=O)(=O)Oc1ccc2c(c1)oc(=O)c1ccccc12. The molecule has 0 radical (unpaired) electrons. The Morgan fingerprint density at radius 2 is 1.67 bits per heavy atom. The van der Waals surface area contributed by atoms with Crippen LogP contribution in [-0.4, -0.2) is 8.42 Å². The van der Waals surface area contributed by atoms with E-state index >= 15 is 0 Å². The van der Waals surface area contributed by atoms with Crippen molar-refractivity contribution >= 4 is 32.0 Å². The van der Waals surface area contributed by atoms with Crippen molar-refractivity contribution in [1.29, 1.82) is 0 Å². The maximum atomic E-state index is 11.8. The molecule has 3 aromatic rings. The van der Waals surface area contributed by atoms with Crippen LogP contribution in [0, 0.1) is 0 Å². The van der Waals surface area contributed by atoms with Crippen molar-refractivity contribution in [3.8, 4) is 5.75 Å². The predicted octanol–water partition coefficient (Wildman–Crippen LogP) is -0.374. The Kier molecular flexibility index (Phi) is 4.88. The molecule has 102 valence electrons. The maximum Gasteiger partial charge on any atom is 1.00 e. The molecule has 0 saturated carbocycles. The fourth-order valence-corrected chi connectivity index (χ4v) is 2.40. The molecular formula is C13H8KNO5S. The van der Waals surface area contributed by atoms with E-state index in [4.69, 9.17) is 9.56 Å². The van der Waals surface area contributed by atoms with E-state index in [1.165, 1.54) is 12.1 Å². The summed E-state index contributed by atoms with van der Waals surface area (Å²) in [5.41, 5.74) is -0.311. The van der Waals surface area contributed by atoms with Crippen LogP contribution < -0.4 is 61.2 Å². The molecule has 21 heavy (non-hydrogen) atoms. The van der Waals surface area contributed by atoms with Crippen molar-refractivity contribution in [1.82, 2.24) is 0 Å². The average molecular weight is 329 g/mol. The van der Waals surface area contributed by atoms with Gasteiger partial charge in [0.1, 0.15) is 11.3 Å². The normalized spacial score (nSPS) is 11.3. The third-order valence-corrected chi connectivity index (χ3v) is 3.21. The summed E-state index contributed by atoms with van der Waals surface area (Å²) in [6.45, 7) is 0. The Labute approximate surface area is 162 Å². The van der Waals surface area contributed by atoms with Gasteiger partial charge in [-0.2, -0.15) is 0 Å². The summed E-state index contributed by atoms with van der Waals surface area (Å²) < 4.78 is 31.1. The summed E-state index contributed by atoms with van der Waals surface area (Å²) in [5, 5.41) is 8.52. The van der Waals surface area contributed by atoms with Crippen LogP contribution in [0.3, 0.4) is 0 Å². The van der Waals surface area contributed by atoms with E-state index in [2.05, 4.69) is 4.18 Å². The number of hydrogen-bond acceptors (Lipinski definition) is 5. The quantitative estimate of drug-likeness (QED) is 0.363. The number of hydrogen-bond donors (Lipinski definition) is 0. The smallest absolute Gasteiger partial charge is 0.529 e. The van der Waals surface area contributed by atoms with Gasteiger partial charge in [-0.3, -0.25) is 0 Å². The van der Waals surface area contributed by atoms with Crippen LogP contribution in [0.25, 0.3) is 26.9 Å². The topological polar surface area (TPSA) is 97.4 Å². The van der Waals surface area contributed by atoms with E-state index in [-0.39, 0.29) is 62.7 Å². The van der Waals surface area contributed by atoms with Crippen LogP contribution in [0.2, 0.25) is 0 Å². The average Bonchev–Trinajstić information content (AvgIpc) is 2.37. The first-order valence-corrected chi connectivity index (χ1v) is 6.99. The molecule has 1 heterocycles. The molecule has 0 bridgehead atoms. The van der Waals surface area contributed by atoms with Gasteiger partial charge in [-0.05, 0) is 23.6 Å². The van der Waals surface area contributed by atoms with Crippen LogP contribution >= 0.6 is 0 Å². The number of fused-ring (bicyclic) bond motifs is 3. The Balaban J connectivity index is 0.00000161. The molecule has 6 nitrogen and oxygen atoms in total.